The molecule has 0 amide bonds. The van der Waals surface area contributed by atoms with Gasteiger partial charge in [-0.3, -0.25) is 4.79 Å². The second-order valence-corrected chi connectivity index (χ2v) is 4.80. The van der Waals surface area contributed by atoms with Crippen LogP contribution in [-0.4, -0.2) is 5.78 Å². The molecule has 0 aliphatic heterocycles. The van der Waals surface area contributed by atoms with Crippen LogP contribution in [0.2, 0.25) is 0 Å². The smallest absolute Gasteiger partial charge is 0.133 e. The minimum atomic E-state index is 0.500. The van der Waals surface area contributed by atoms with Gasteiger partial charge in [-0.1, -0.05) is 39.5 Å². The molecular formula is C13H24O. The van der Waals surface area contributed by atoms with Gasteiger partial charge < -0.3 is 0 Å². The highest BCUT2D eigenvalue weighted by Crippen LogP contribution is 2.31. The van der Waals surface area contributed by atoms with E-state index in [1.54, 1.807) is 0 Å². The zero-order valence-corrected chi connectivity index (χ0v) is 9.72. The van der Waals surface area contributed by atoms with E-state index in [1.807, 2.05) is 0 Å². The lowest BCUT2D eigenvalue weighted by atomic mass is 9.88. The van der Waals surface area contributed by atoms with Crippen molar-refractivity contribution in [2.45, 2.75) is 65.2 Å². The van der Waals surface area contributed by atoms with E-state index in [9.17, 15) is 4.79 Å². The molecule has 0 heterocycles. The monoisotopic (exact) mass is 196 g/mol. The van der Waals surface area contributed by atoms with Crippen LogP contribution in [0.5, 0.6) is 0 Å². The Hall–Kier alpha value is -0.330. The molecule has 1 heteroatoms. The van der Waals surface area contributed by atoms with Crippen LogP contribution < -0.4 is 0 Å². The summed E-state index contributed by atoms with van der Waals surface area (Å²) in [5.74, 6) is 2.11. The van der Waals surface area contributed by atoms with E-state index in [0.29, 0.717) is 5.78 Å². The molecule has 1 fully saturated rings. The zero-order chi connectivity index (χ0) is 10.4. The Labute approximate surface area is 88.3 Å². The second kappa shape index (κ2) is 6.21. The number of Topliss-reactive ketones (excluding diaryl/α,β-unsaturated/α-hetero) is 1. The van der Waals surface area contributed by atoms with Crippen molar-refractivity contribution in [1.29, 1.82) is 0 Å². The molecule has 1 rings (SSSR count). The molecule has 1 nitrogen and oxygen atoms in total. The van der Waals surface area contributed by atoms with Gasteiger partial charge in [0.2, 0.25) is 0 Å². The largest absolute Gasteiger partial charge is 0.300 e. The highest BCUT2D eigenvalue weighted by Gasteiger charge is 2.24. The molecule has 0 spiro atoms. The van der Waals surface area contributed by atoms with Gasteiger partial charge in [0.25, 0.3) is 0 Å². The van der Waals surface area contributed by atoms with Crippen molar-refractivity contribution in [3.05, 3.63) is 0 Å². The number of carbonyl (C=O) groups is 1. The third-order valence-corrected chi connectivity index (χ3v) is 3.56. The summed E-state index contributed by atoms with van der Waals surface area (Å²) >= 11 is 0. The highest BCUT2D eigenvalue weighted by atomic mass is 16.1. The molecule has 1 aliphatic rings. The Morgan fingerprint density at radius 3 is 2.71 bits per heavy atom. The van der Waals surface area contributed by atoms with Crippen molar-refractivity contribution in [3.8, 4) is 0 Å². The Bertz CT molecular complexity index is 174. The summed E-state index contributed by atoms with van der Waals surface area (Å²) < 4.78 is 0. The van der Waals surface area contributed by atoms with Crippen molar-refractivity contribution in [2.24, 2.45) is 11.8 Å². The lowest BCUT2D eigenvalue weighted by molar-refractivity contribution is -0.117. The predicted molar refractivity (Wildman–Crippen MR) is 60.3 cm³/mol. The first-order valence-corrected chi connectivity index (χ1v) is 6.27. The molecule has 0 aromatic heterocycles. The topological polar surface area (TPSA) is 17.1 Å². The van der Waals surface area contributed by atoms with E-state index in [-0.39, 0.29) is 0 Å². The van der Waals surface area contributed by atoms with Crippen molar-refractivity contribution in [1.82, 2.24) is 0 Å². The first kappa shape index (κ1) is 11.7. The molecule has 82 valence electrons. The maximum Gasteiger partial charge on any atom is 0.133 e. The van der Waals surface area contributed by atoms with Crippen molar-refractivity contribution >= 4 is 5.78 Å². The third kappa shape index (κ3) is 3.81. The van der Waals surface area contributed by atoms with Crippen LogP contribution in [0.3, 0.4) is 0 Å². The molecule has 14 heavy (non-hydrogen) atoms. The Morgan fingerprint density at radius 1 is 1.43 bits per heavy atom. The molecule has 0 N–H and O–H groups in total. The second-order valence-electron chi connectivity index (χ2n) is 4.80. The highest BCUT2D eigenvalue weighted by molar-refractivity contribution is 5.80. The van der Waals surface area contributed by atoms with Gasteiger partial charge in [-0.2, -0.15) is 0 Å². The number of rotatable bonds is 6. The molecule has 0 bridgehead atoms. The van der Waals surface area contributed by atoms with Crippen LogP contribution in [0.25, 0.3) is 0 Å². The van der Waals surface area contributed by atoms with Gasteiger partial charge >= 0.3 is 0 Å². The zero-order valence-electron chi connectivity index (χ0n) is 9.72. The fraction of sp³-hybridized carbons (Fsp3) is 0.923. The summed E-state index contributed by atoms with van der Waals surface area (Å²) in [7, 11) is 0. The van der Waals surface area contributed by atoms with Crippen LogP contribution in [-0.2, 0) is 4.79 Å². The minimum absolute atomic E-state index is 0.500. The van der Waals surface area contributed by atoms with Gasteiger partial charge in [-0.25, -0.2) is 0 Å². The van der Waals surface area contributed by atoms with Gasteiger partial charge in [-0.15, -0.1) is 0 Å². The van der Waals surface area contributed by atoms with E-state index in [4.69, 9.17) is 0 Å². The van der Waals surface area contributed by atoms with Crippen LogP contribution in [0.4, 0.5) is 0 Å². The standard InChI is InChI=1S/C13H24O/c1-3-5-6-11(4-2)9-12-7-8-13(14)10-12/h11-12H,3-10H2,1-2H3. The molecule has 2 atom stereocenters. The Morgan fingerprint density at radius 2 is 2.21 bits per heavy atom. The minimum Gasteiger partial charge on any atom is -0.300 e. The van der Waals surface area contributed by atoms with Gasteiger partial charge in [0.05, 0.1) is 0 Å². The van der Waals surface area contributed by atoms with E-state index >= 15 is 0 Å². The Balaban J connectivity index is 2.22. The summed E-state index contributed by atoms with van der Waals surface area (Å²) in [5, 5.41) is 0. The molecule has 0 aromatic rings. The van der Waals surface area contributed by atoms with E-state index in [2.05, 4.69) is 13.8 Å². The van der Waals surface area contributed by atoms with E-state index in [1.165, 1.54) is 38.5 Å². The number of ketones is 1. The van der Waals surface area contributed by atoms with Crippen LogP contribution >= 0.6 is 0 Å². The number of unbranched alkanes of at least 4 members (excludes halogenated alkanes) is 1. The molecule has 1 saturated carbocycles. The van der Waals surface area contributed by atoms with E-state index < -0.39 is 0 Å². The van der Waals surface area contributed by atoms with Gasteiger partial charge in [-0.05, 0) is 24.7 Å². The predicted octanol–water partition coefficient (Wildman–Crippen LogP) is 3.96. The first-order valence-electron chi connectivity index (χ1n) is 6.27. The van der Waals surface area contributed by atoms with Crippen molar-refractivity contribution < 1.29 is 4.79 Å². The SMILES string of the molecule is CCCCC(CC)CC1CCC(=O)C1. The maximum atomic E-state index is 11.1. The molecule has 2 unspecified atom stereocenters. The van der Waals surface area contributed by atoms with Crippen LogP contribution in [0.15, 0.2) is 0 Å². The lowest BCUT2D eigenvalue weighted by Crippen LogP contribution is -2.06. The van der Waals surface area contributed by atoms with Gasteiger partial charge in [0, 0.05) is 12.8 Å². The maximum absolute atomic E-state index is 11.1. The number of carbonyl (C=O) groups excluding carboxylic acids is 1. The van der Waals surface area contributed by atoms with Gasteiger partial charge in [0.15, 0.2) is 0 Å². The first-order chi connectivity index (χ1) is 6.76. The normalized spacial score (nSPS) is 24.1. The molecule has 1 aliphatic carbocycles. The third-order valence-electron chi connectivity index (χ3n) is 3.56. The van der Waals surface area contributed by atoms with Crippen molar-refractivity contribution in [2.75, 3.05) is 0 Å². The quantitative estimate of drug-likeness (QED) is 0.628. The number of hydrogen-bond donors (Lipinski definition) is 0. The molecule has 0 saturated heterocycles. The average Bonchev–Trinajstić information content (AvgIpc) is 2.58. The van der Waals surface area contributed by atoms with Crippen molar-refractivity contribution in [3.63, 3.8) is 0 Å². The Kier molecular flexibility index (Phi) is 5.21. The number of hydrogen-bond acceptors (Lipinski definition) is 1. The molecular weight excluding hydrogens is 172 g/mol. The fourth-order valence-corrected chi connectivity index (χ4v) is 2.55. The lowest BCUT2D eigenvalue weighted by Gasteiger charge is -2.18. The summed E-state index contributed by atoms with van der Waals surface area (Å²) in [4.78, 5) is 11.1. The average molecular weight is 196 g/mol. The molecule has 0 aromatic carbocycles. The molecule has 0 radical (unpaired) electrons. The van der Waals surface area contributed by atoms with Gasteiger partial charge in [0.1, 0.15) is 5.78 Å². The fourth-order valence-electron chi connectivity index (χ4n) is 2.55. The summed E-state index contributed by atoms with van der Waals surface area (Å²) in [6.45, 7) is 4.54. The van der Waals surface area contributed by atoms with Crippen LogP contribution in [0.1, 0.15) is 65.2 Å². The summed E-state index contributed by atoms with van der Waals surface area (Å²) in [5.41, 5.74) is 0. The summed E-state index contributed by atoms with van der Waals surface area (Å²) in [6, 6.07) is 0. The van der Waals surface area contributed by atoms with Crippen LogP contribution in [0, 0.1) is 11.8 Å². The van der Waals surface area contributed by atoms with E-state index in [0.717, 1.165) is 24.7 Å². The summed E-state index contributed by atoms with van der Waals surface area (Å²) in [6.07, 6.45) is 9.54.